The summed E-state index contributed by atoms with van der Waals surface area (Å²) in [4.78, 5) is 10.9. The van der Waals surface area contributed by atoms with Crippen LogP contribution in [0.5, 0.6) is 5.75 Å². The van der Waals surface area contributed by atoms with E-state index in [0.717, 1.165) is 0 Å². The van der Waals surface area contributed by atoms with Gasteiger partial charge in [-0.15, -0.1) is 0 Å². The average Bonchev–Trinajstić information content (AvgIpc) is 2.92. The number of benzene rings is 1. The Balaban J connectivity index is 2.41. The molecule has 1 aliphatic carbocycles. The van der Waals surface area contributed by atoms with Crippen molar-refractivity contribution in [1.82, 2.24) is 0 Å². The second-order valence-electron chi connectivity index (χ2n) is 4.36. The number of carboxylic acids is 1. The van der Waals surface area contributed by atoms with Crippen molar-refractivity contribution in [3.63, 3.8) is 0 Å². The Labute approximate surface area is 92.9 Å². The zero-order valence-electron chi connectivity index (χ0n) is 9.16. The Hall–Kier alpha value is -1.58. The van der Waals surface area contributed by atoms with Crippen LogP contribution in [-0.4, -0.2) is 18.2 Å². The molecule has 0 bridgehead atoms. The largest absolute Gasteiger partial charge is 0.496 e. The lowest BCUT2D eigenvalue weighted by Gasteiger charge is -2.15. The molecule has 1 fully saturated rings. The smallest absolute Gasteiger partial charge is 0.307 e. The minimum Gasteiger partial charge on any atom is -0.496 e. The lowest BCUT2D eigenvalue weighted by molar-refractivity contribution is -0.138. The van der Waals surface area contributed by atoms with E-state index in [0.29, 0.717) is 17.7 Å². The molecule has 1 aromatic rings. The molecule has 1 aromatic carbocycles. The van der Waals surface area contributed by atoms with E-state index in [1.165, 1.54) is 25.3 Å². The van der Waals surface area contributed by atoms with Gasteiger partial charge in [0.05, 0.1) is 13.0 Å². The number of hydrogen-bond acceptors (Lipinski definition) is 2. The molecule has 1 N–H and O–H groups in total. The van der Waals surface area contributed by atoms with Crippen LogP contribution in [-0.2, 0) is 10.2 Å². The van der Waals surface area contributed by atoms with Gasteiger partial charge in [0.15, 0.2) is 0 Å². The minimum absolute atomic E-state index is 0.368. The lowest BCUT2D eigenvalue weighted by Crippen LogP contribution is -2.12. The second kappa shape index (κ2) is 3.47. The summed E-state index contributed by atoms with van der Waals surface area (Å²) in [6.45, 7) is 1.82. The Morgan fingerprint density at radius 3 is 2.81 bits per heavy atom. The van der Waals surface area contributed by atoms with Crippen LogP contribution in [0.25, 0.3) is 0 Å². The molecule has 86 valence electrons. The third-order valence-electron chi connectivity index (χ3n) is 3.31. The van der Waals surface area contributed by atoms with E-state index in [9.17, 15) is 9.18 Å². The number of carbonyl (C=O) groups is 1. The number of halogens is 1. The molecule has 2 rings (SSSR count). The summed E-state index contributed by atoms with van der Waals surface area (Å²) in [7, 11) is 1.50. The van der Waals surface area contributed by atoms with Crippen molar-refractivity contribution in [1.29, 1.82) is 0 Å². The van der Waals surface area contributed by atoms with E-state index in [1.54, 1.807) is 0 Å². The Morgan fingerprint density at radius 2 is 2.31 bits per heavy atom. The van der Waals surface area contributed by atoms with Crippen molar-refractivity contribution in [3.05, 3.63) is 29.6 Å². The summed E-state index contributed by atoms with van der Waals surface area (Å²) >= 11 is 0. The van der Waals surface area contributed by atoms with E-state index < -0.39 is 17.3 Å². The van der Waals surface area contributed by atoms with Crippen molar-refractivity contribution in [2.75, 3.05) is 7.11 Å². The molecule has 1 saturated carbocycles. The first kappa shape index (κ1) is 10.9. The average molecular weight is 224 g/mol. The monoisotopic (exact) mass is 224 g/mol. The third kappa shape index (κ3) is 1.54. The van der Waals surface area contributed by atoms with Crippen molar-refractivity contribution in [2.24, 2.45) is 5.92 Å². The van der Waals surface area contributed by atoms with Gasteiger partial charge >= 0.3 is 5.97 Å². The van der Waals surface area contributed by atoms with Crippen LogP contribution in [0, 0.1) is 11.7 Å². The predicted octanol–water partition coefficient (Wildman–Crippen LogP) is 2.20. The summed E-state index contributed by atoms with van der Waals surface area (Å²) in [5.74, 6) is -1.10. The van der Waals surface area contributed by atoms with Gasteiger partial charge in [-0.25, -0.2) is 4.39 Å². The van der Waals surface area contributed by atoms with Crippen LogP contribution in [0.4, 0.5) is 4.39 Å². The van der Waals surface area contributed by atoms with Gasteiger partial charge in [-0.3, -0.25) is 4.79 Å². The first-order chi connectivity index (χ1) is 7.49. The molecule has 1 aliphatic rings. The van der Waals surface area contributed by atoms with Crippen LogP contribution in [0.15, 0.2) is 18.2 Å². The number of carboxylic acid groups (broad SMARTS) is 1. The normalized spacial score (nSPS) is 27.6. The third-order valence-corrected chi connectivity index (χ3v) is 3.31. The molecule has 0 heterocycles. The summed E-state index contributed by atoms with van der Waals surface area (Å²) in [6, 6.07) is 4.21. The fourth-order valence-corrected chi connectivity index (χ4v) is 2.15. The van der Waals surface area contributed by atoms with Crippen LogP contribution >= 0.6 is 0 Å². The molecular formula is C12H13FO3. The molecule has 4 heteroatoms. The maximum atomic E-state index is 13.2. The molecule has 0 aromatic heterocycles. The topological polar surface area (TPSA) is 46.5 Å². The summed E-state index contributed by atoms with van der Waals surface area (Å²) in [5.41, 5.74) is 0.140. The number of aliphatic carboxylic acids is 1. The molecule has 0 aliphatic heterocycles. The Kier molecular flexibility index (Phi) is 2.37. The van der Waals surface area contributed by atoms with Gasteiger partial charge in [-0.2, -0.15) is 0 Å². The molecule has 2 atom stereocenters. The molecular weight excluding hydrogens is 211 g/mol. The van der Waals surface area contributed by atoms with Crippen molar-refractivity contribution in [2.45, 2.75) is 18.8 Å². The van der Waals surface area contributed by atoms with Gasteiger partial charge in [-0.1, -0.05) is 6.92 Å². The quantitative estimate of drug-likeness (QED) is 0.856. The van der Waals surface area contributed by atoms with E-state index in [-0.39, 0.29) is 5.82 Å². The van der Waals surface area contributed by atoms with Gasteiger partial charge in [-0.05, 0) is 24.6 Å². The number of methoxy groups -OCH3 is 1. The number of rotatable bonds is 3. The molecule has 0 spiro atoms. The zero-order valence-corrected chi connectivity index (χ0v) is 9.16. The van der Waals surface area contributed by atoms with Gasteiger partial charge in [0, 0.05) is 11.0 Å². The summed E-state index contributed by atoms with van der Waals surface area (Å²) in [6.07, 6.45) is 0.530. The lowest BCUT2D eigenvalue weighted by atomic mass is 9.94. The minimum atomic E-state index is -0.839. The molecule has 0 radical (unpaired) electrons. The van der Waals surface area contributed by atoms with Crippen LogP contribution < -0.4 is 4.74 Å². The van der Waals surface area contributed by atoms with Crippen molar-refractivity contribution in [3.8, 4) is 5.75 Å². The fourth-order valence-electron chi connectivity index (χ4n) is 2.15. The SMILES string of the molecule is COc1ccc(F)cc1C1(C)CC1C(=O)O. The van der Waals surface area contributed by atoms with Gasteiger partial charge < -0.3 is 9.84 Å². The fraction of sp³-hybridized carbons (Fsp3) is 0.417. The maximum Gasteiger partial charge on any atom is 0.307 e. The molecule has 0 saturated heterocycles. The molecule has 0 amide bonds. The standard InChI is InChI=1S/C12H13FO3/c1-12(6-9(12)11(14)15)8-5-7(13)3-4-10(8)16-2/h3-5,9H,6H2,1-2H3,(H,14,15). The zero-order chi connectivity index (χ0) is 11.9. The Morgan fingerprint density at radius 1 is 1.62 bits per heavy atom. The molecule has 16 heavy (non-hydrogen) atoms. The number of hydrogen-bond donors (Lipinski definition) is 1. The van der Waals surface area contributed by atoms with Crippen molar-refractivity contribution >= 4 is 5.97 Å². The summed E-state index contributed by atoms with van der Waals surface area (Å²) in [5, 5.41) is 8.95. The van der Waals surface area contributed by atoms with E-state index in [4.69, 9.17) is 9.84 Å². The van der Waals surface area contributed by atoms with E-state index in [1.807, 2.05) is 6.92 Å². The highest BCUT2D eigenvalue weighted by Gasteiger charge is 2.57. The van der Waals surface area contributed by atoms with Crippen LogP contribution in [0.2, 0.25) is 0 Å². The summed E-state index contributed by atoms with van der Waals surface area (Å²) < 4.78 is 18.3. The van der Waals surface area contributed by atoms with Gasteiger partial charge in [0.2, 0.25) is 0 Å². The first-order valence-electron chi connectivity index (χ1n) is 5.06. The molecule has 3 nitrogen and oxygen atoms in total. The number of ether oxygens (including phenoxy) is 1. The van der Waals surface area contributed by atoms with Crippen molar-refractivity contribution < 1.29 is 19.0 Å². The van der Waals surface area contributed by atoms with Crippen LogP contribution in [0.3, 0.4) is 0 Å². The maximum absolute atomic E-state index is 13.2. The van der Waals surface area contributed by atoms with E-state index >= 15 is 0 Å². The van der Waals surface area contributed by atoms with Crippen LogP contribution in [0.1, 0.15) is 18.9 Å². The first-order valence-corrected chi connectivity index (χ1v) is 5.06. The highest BCUT2D eigenvalue weighted by molar-refractivity contribution is 5.77. The van der Waals surface area contributed by atoms with Gasteiger partial charge in [0.25, 0.3) is 0 Å². The highest BCUT2D eigenvalue weighted by Crippen LogP contribution is 2.56. The van der Waals surface area contributed by atoms with E-state index in [2.05, 4.69) is 0 Å². The second-order valence-corrected chi connectivity index (χ2v) is 4.36. The predicted molar refractivity (Wildman–Crippen MR) is 56.0 cm³/mol. The van der Waals surface area contributed by atoms with Gasteiger partial charge in [0.1, 0.15) is 11.6 Å². The Bertz CT molecular complexity index is 444. The highest BCUT2D eigenvalue weighted by atomic mass is 19.1. The molecule has 2 unspecified atom stereocenters.